The van der Waals surface area contributed by atoms with Crippen LogP contribution in [0.1, 0.15) is 30.9 Å². The third-order valence-electron chi connectivity index (χ3n) is 2.96. The van der Waals surface area contributed by atoms with Crippen LogP contribution in [-0.2, 0) is 0 Å². The van der Waals surface area contributed by atoms with E-state index < -0.39 is 0 Å². The van der Waals surface area contributed by atoms with Gasteiger partial charge in [-0.3, -0.25) is 0 Å². The van der Waals surface area contributed by atoms with E-state index in [-0.39, 0.29) is 0 Å². The fraction of sp³-hybridized carbons (Fsp3) is 0.250. The first-order valence-electron chi connectivity index (χ1n) is 5.85. The van der Waals surface area contributed by atoms with E-state index in [1.165, 1.54) is 35.1 Å². The first kappa shape index (κ1) is 10.9. The predicted octanol–water partition coefficient (Wildman–Crippen LogP) is 4.67. The third-order valence-corrected chi connectivity index (χ3v) is 2.96. The Balaban J connectivity index is 2.07. The van der Waals surface area contributed by atoms with Crippen LogP contribution in [0.3, 0.4) is 0 Å². The molecule has 0 unspecified atom stereocenters. The molecule has 0 fully saturated rings. The van der Waals surface area contributed by atoms with E-state index in [0.29, 0.717) is 0 Å². The van der Waals surface area contributed by atoms with Gasteiger partial charge in [0, 0.05) is 0 Å². The van der Waals surface area contributed by atoms with Crippen molar-refractivity contribution in [2.45, 2.75) is 26.7 Å². The second-order valence-electron chi connectivity index (χ2n) is 4.50. The molecule has 0 spiro atoms. The van der Waals surface area contributed by atoms with Gasteiger partial charge in [-0.25, -0.2) is 0 Å². The first-order chi connectivity index (χ1) is 7.74. The van der Waals surface area contributed by atoms with Gasteiger partial charge in [0.2, 0.25) is 0 Å². The highest BCUT2D eigenvalue weighted by Crippen LogP contribution is 2.19. The zero-order valence-electron chi connectivity index (χ0n) is 10.0. The number of allylic oxidation sites excluding steroid dienone is 5. The zero-order valence-corrected chi connectivity index (χ0v) is 10.0. The summed E-state index contributed by atoms with van der Waals surface area (Å²) in [7, 11) is 0. The van der Waals surface area contributed by atoms with Gasteiger partial charge in [0.1, 0.15) is 0 Å². The van der Waals surface area contributed by atoms with E-state index in [2.05, 4.69) is 62.4 Å². The van der Waals surface area contributed by atoms with Crippen LogP contribution in [-0.4, -0.2) is 0 Å². The van der Waals surface area contributed by atoms with Gasteiger partial charge < -0.3 is 0 Å². The molecular formula is C16H18. The van der Waals surface area contributed by atoms with Crippen LogP contribution in [0.25, 0.3) is 6.08 Å². The molecule has 82 valence electrons. The van der Waals surface area contributed by atoms with Gasteiger partial charge in [-0.2, -0.15) is 0 Å². The molecule has 0 nitrogen and oxygen atoms in total. The van der Waals surface area contributed by atoms with Crippen LogP contribution in [0.2, 0.25) is 0 Å². The van der Waals surface area contributed by atoms with E-state index in [1.807, 2.05) is 0 Å². The quantitative estimate of drug-likeness (QED) is 0.665. The summed E-state index contributed by atoms with van der Waals surface area (Å²) in [5.74, 6) is 0. The van der Waals surface area contributed by atoms with Crippen LogP contribution in [0.4, 0.5) is 0 Å². The number of hydrogen-bond donors (Lipinski definition) is 0. The third kappa shape index (κ3) is 2.96. The topological polar surface area (TPSA) is 0 Å². The van der Waals surface area contributed by atoms with E-state index in [4.69, 9.17) is 0 Å². The maximum Gasteiger partial charge on any atom is -0.0241 e. The molecule has 1 aliphatic carbocycles. The van der Waals surface area contributed by atoms with Crippen molar-refractivity contribution < 1.29 is 0 Å². The molecule has 0 aromatic heterocycles. The van der Waals surface area contributed by atoms with E-state index in [1.54, 1.807) is 0 Å². The largest absolute Gasteiger partial charge is 0.0730 e. The molecule has 0 radical (unpaired) electrons. The highest BCUT2D eigenvalue weighted by molar-refractivity contribution is 5.54. The second-order valence-corrected chi connectivity index (χ2v) is 4.50. The molecule has 0 atom stereocenters. The number of benzene rings is 1. The molecule has 16 heavy (non-hydrogen) atoms. The van der Waals surface area contributed by atoms with Crippen molar-refractivity contribution in [3.05, 3.63) is 64.8 Å². The maximum absolute atomic E-state index is 2.23. The first-order valence-corrected chi connectivity index (χ1v) is 5.85. The van der Waals surface area contributed by atoms with Gasteiger partial charge in [0.05, 0.1) is 0 Å². The molecule has 2 rings (SSSR count). The number of hydrogen-bond acceptors (Lipinski definition) is 0. The van der Waals surface area contributed by atoms with E-state index >= 15 is 0 Å². The van der Waals surface area contributed by atoms with E-state index in [9.17, 15) is 0 Å². The Hall–Kier alpha value is -1.56. The van der Waals surface area contributed by atoms with Crippen molar-refractivity contribution in [3.63, 3.8) is 0 Å². The molecule has 1 aromatic carbocycles. The summed E-state index contributed by atoms with van der Waals surface area (Å²) in [6.45, 7) is 4.31. The smallest absolute Gasteiger partial charge is 0.0241 e. The van der Waals surface area contributed by atoms with Gasteiger partial charge in [-0.05, 0) is 37.8 Å². The molecule has 0 N–H and O–H groups in total. The van der Waals surface area contributed by atoms with Crippen LogP contribution < -0.4 is 0 Å². The Morgan fingerprint density at radius 1 is 0.875 bits per heavy atom. The van der Waals surface area contributed by atoms with Crippen LogP contribution >= 0.6 is 0 Å². The van der Waals surface area contributed by atoms with Crippen molar-refractivity contribution in [3.8, 4) is 0 Å². The average molecular weight is 210 g/mol. The molecule has 0 heterocycles. The summed E-state index contributed by atoms with van der Waals surface area (Å²) in [5, 5.41) is 0. The van der Waals surface area contributed by atoms with Crippen molar-refractivity contribution in [2.75, 3.05) is 0 Å². The summed E-state index contributed by atoms with van der Waals surface area (Å²) >= 11 is 0. The van der Waals surface area contributed by atoms with Gasteiger partial charge in [-0.15, -0.1) is 0 Å². The van der Waals surface area contributed by atoms with Crippen molar-refractivity contribution in [1.29, 1.82) is 0 Å². The number of rotatable bonds is 2. The lowest BCUT2D eigenvalue weighted by atomic mass is 9.98. The molecule has 0 saturated carbocycles. The molecular weight excluding hydrogens is 192 g/mol. The Morgan fingerprint density at radius 3 is 2.25 bits per heavy atom. The molecule has 1 aliphatic rings. The minimum atomic E-state index is 1.17. The lowest BCUT2D eigenvalue weighted by molar-refractivity contribution is 0.928. The normalized spacial score (nSPS) is 16.1. The highest BCUT2D eigenvalue weighted by atomic mass is 14.0. The molecule has 0 saturated heterocycles. The lowest BCUT2D eigenvalue weighted by Gasteiger charge is -2.07. The summed E-state index contributed by atoms with van der Waals surface area (Å²) in [5.41, 5.74) is 5.49. The standard InChI is InChI=1S/C16H18/c1-13-3-7-15(8-4-13)11-12-16-9-5-14(2)6-10-16/h3-5,7-9,11-12H,6,10H2,1-2H3. The molecule has 0 heteroatoms. The lowest BCUT2D eigenvalue weighted by Crippen LogP contribution is -1.87. The molecule has 0 amide bonds. The van der Waals surface area contributed by atoms with E-state index in [0.717, 1.165) is 0 Å². The maximum atomic E-state index is 2.23. The highest BCUT2D eigenvalue weighted by Gasteiger charge is 1.99. The second kappa shape index (κ2) is 4.98. The fourth-order valence-corrected chi connectivity index (χ4v) is 1.78. The SMILES string of the molecule is CC1=CC=C(C=Cc2ccc(C)cc2)CC1. The summed E-state index contributed by atoms with van der Waals surface area (Å²) < 4.78 is 0. The average Bonchev–Trinajstić information content (AvgIpc) is 2.30. The minimum Gasteiger partial charge on any atom is -0.0730 e. The molecule has 0 bridgehead atoms. The van der Waals surface area contributed by atoms with Crippen molar-refractivity contribution >= 4 is 6.08 Å². The molecule has 1 aromatic rings. The van der Waals surface area contributed by atoms with Crippen LogP contribution in [0, 0.1) is 6.92 Å². The van der Waals surface area contributed by atoms with Gasteiger partial charge >= 0.3 is 0 Å². The fourth-order valence-electron chi connectivity index (χ4n) is 1.78. The van der Waals surface area contributed by atoms with Crippen LogP contribution in [0.15, 0.2) is 53.6 Å². The Bertz CT molecular complexity index is 441. The minimum absolute atomic E-state index is 1.17. The zero-order chi connectivity index (χ0) is 11.4. The van der Waals surface area contributed by atoms with Crippen LogP contribution in [0.5, 0.6) is 0 Å². The Labute approximate surface area is 98.0 Å². The van der Waals surface area contributed by atoms with Crippen molar-refractivity contribution in [1.82, 2.24) is 0 Å². The summed E-state index contributed by atoms with van der Waals surface area (Å²) in [6.07, 6.45) is 11.2. The molecule has 0 aliphatic heterocycles. The van der Waals surface area contributed by atoms with Crippen molar-refractivity contribution in [2.24, 2.45) is 0 Å². The Morgan fingerprint density at radius 2 is 1.62 bits per heavy atom. The summed E-state index contributed by atoms with van der Waals surface area (Å²) in [4.78, 5) is 0. The Kier molecular flexibility index (Phi) is 3.40. The van der Waals surface area contributed by atoms with Gasteiger partial charge in [0.15, 0.2) is 0 Å². The monoisotopic (exact) mass is 210 g/mol. The van der Waals surface area contributed by atoms with Gasteiger partial charge in [-0.1, -0.05) is 59.7 Å². The summed E-state index contributed by atoms with van der Waals surface area (Å²) in [6, 6.07) is 8.63. The predicted molar refractivity (Wildman–Crippen MR) is 71.3 cm³/mol. The van der Waals surface area contributed by atoms with Gasteiger partial charge in [0.25, 0.3) is 0 Å². The number of aryl methyl sites for hydroxylation is 1.